The Balaban J connectivity index is 2.04. The Labute approximate surface area is 113 Å². The number of hydrogen-bond donors (Lipinski definition) is 0. The fraction of sp³-hybridized carbons (Fsp3) is 0.250. The summed E-state index contributed by atoms with van der Waals surface area (Å²) in [5.41, 5.74) is 4.24. The molecule has 2 aromatic carbocycles. The number of halogens is 1. The van der Waals surface area contributed by atoms with E-state index >= 15 is 0 Å². The predicted molar refractivity (Wildman–Crippen MR) is 76.1 cm³/mol. The summed E-state index contributed by atoms with van der Waals surface area (Å²) in [6, 6.07) is 17.0. The maximum absolute atomic E-state index is 5.97. The maximum Gasteiger partial charge on any atom is 0.0406 e. The second kappa shape index (κ2) is 4.75. The number of hydrogen-bond acceptors (Lipinski definition) is 1. The molecule has 0 radical (unpaired) electrons. The molecule has 2 aromatic rings. The van der Waals surface area contributed by atoms with Crippen molar-refractivity contribution in [2.24, 2.45) is 0 Å². The maximum atomic E-state index is 5.97. The Morgan fingerprint density at radius 2 is 1.78 bits per heavy atom. The van der Waals surface area contributed by atoms with Gasteiger partial charge in [0.25, 0.3) is 0 Å². The molecule has 0 aromatic heterocycles. The van der Waals surface area contributed by atoms with Gasteiger partial charge in [-0.05, 0) is 35.9 Å². The zero-order valence-electron chi connectivity index (χ0n) is 10.4. The van der Waals surface area contributed by atoms with Crippen LogP contribution >= 0.6 is 11.6 Å². The molecule has 0 fully saturated rings. The Bertz CT molecular complexity index is 547. The van der Waals surface area contributed by atoms with Crippen LogP contribution in [-0.2, 0) is 6.54 Å². The van der Waals surface area contributed by atoms with Gasteiger partial charge in [0.15, 0.2) is 0 Å². The van der Waals surface area contributed by atoms with Crippen molar-refractivity contribution < 1.29 is 0 Å². The van der Waals surface area contributed by atoms with Gasteiger partial charge in [-0.3, -0.25) is 0 Å². The Kier molecular flexibility index (Phi) is 3.11. The summed E-state index contributed by atoms with van der Waals surface area (Å²) in [6.45, 7) is 2.11. The van der Waals surface area contributed by atoms with E-state index in [9.17, 15) is 0 Å². The molecule has 1 atom stereocenters. The number of likely N-dealkylation sites (N-methyl/N-ethyl adjacent to an activating group) is 1. The molecule has 0 saturated heterocycles. The third kappa shape index (κ3) is 2.16. The molecule has 1 nitrogen and oxygen atoms in total. The van der Waals surface area contributed by atoms with Gasteiger partial charge in [0.1, 0.15) is 0 Å². The second-order valence-electron chi connectivity index (χ2n) is 5.00. The molecule has 0 aliphatic carbocycles. The molecule has 0 unspecified atom stereocenters. The van der Waals surface area contributed by atoms with Crippen molar-refractivity contribution in [2.75, 3.05) is 13.6 Å². The van der Waals surface area contributed by atoms with Crippen LogP contribution in [0.3, 0.4) is 0 Å². The normalized spacial score (nSPS) is 19.6. The van der Waals surface area contributed by atoms with Crippen LogP contribution < -0.4 is 0 Å². The minimum atomic E-state index is 0.456. The third-order valence-corrected chi connectivity index (χ3v) is 3.89. The first-order valence-corrected chi connectivity index (χ1v) is 6.63. The smallest absolute Gasteiger partial charge is 0.0406 e. The summed E-state index contributed by atoms with van der Waals surface area (Å²) < 4.78 is 0. The van der Waals surface area contributed by atoms with E-state index in [1.54, 1.807) is 0 Å². The van der Waals surface area contributed by atoms with Gasteiger partial charge in [-0.25, -0.2) is 0 Å². The average Bonchev–Trinajstić information content (AvgIpc) is 2.38. The molecule has 1 heterocycles. The standard InChI is InChI=1S/C16H16ClN/c1-18-10-13-4-2-3-5-15(13)16(11-18)12-6-8-14(17)9-7-12/h2-9,16H,10-11H2,1H3/t16-/m1/s1. The minimum absolute atomic E-state index is 0.456. The molecule has 18 heavy (non-hydrogen) atoms. The van der Waals surface area contributed by atoms with Crippen LogP contribution in [0.4, 0.5) is 0 Å². The lowest BCUT2D eigenvalue weighted by Gasteiger charge is -2.32. The average molecular weight is 258 g/mol. The first-order valence-electron chi connectivity index (χ1n) is 6.26. The van der Waals surface area contributed by atoms with E-state index in [0.717, 1.165) is 18.1 Å². The number of nitrogens with zero attached hydrogens (tertiary/aromatic N) is 1. The van der Waals surface area contributed by atoms with Crippen molar-refractivity contribution in [1.82, 2.24) is 4.90 Å². The van der Waals surface area contributed by atoms with Crippen LogP contribution in [0.25, 0.3) is 0 Å². The third-order valence-electron chi connectivity index (χ3n) is 3.64. The predicted octanol–water partition coefficient (Wildman–Crippen LogP) is 3.92. The summed E-state index contributed by atoms with van der Waals surface area (Å²) in [5.74, 6) is 0.456. The van der Waals surface area contributed by atoms with Gasteiger partial charge in [0.2, 0.25) is 0 Å². The monoisotopic (exact) mass is 257 g/mol. The number of benzene rings is 2. The van der Waals surface area contributed by atoms with E-state index in [0.29, 0.717) is 5.92 Å². The van der Waals surface area contributed by atoms with Crippen LogP contribution in [-0.4, -0.2) is 18.5 Å². The van der Waals surface area contributed by atoms with Crippen LogP contribution in [0.1, 0.15) is 22.6 Å². The molecule has 1 aliphatic heterocycles. The molecule has 0 bridgehead atoms. The number of rotatable bonds is 1. The zero-order chi connectivity index (χ0) is 12.5. The van der Waals surface area contributed by atoms with Crippen LogP contribution in [0.2, 0.25) is 5.02 Å². The van der Waals surface area contributed by atoms with E-state index in [2.05, 4.69) is 48.3 Å². The lowest BCUT2D eigenvalue weighted by Crippen LogP contribution is -2.30. The molecule has 2 heteroatoms. The first-order chi connectivity index (χ1) is 8.74. The molecule has 92 valence electrons. The molecular formula is C16H16ClN. The first kappa shape index (κ1) is 11.8. The van der Waals surface area contributed by atoms with Gasteiger partial charge in [-0.1, -0.05) is 48.0 Å². The van der Waals surface area contributed by atoms with Crippen molar-refractivity contribution >= 4 is 11.6 Å². The minimum Gasteiger partial charge on any atom is -0.301 e. The highest BCUT2D eigenvalue weighted by atomic mass is 35.5. The fourth-order valence-electron chi connectivity index (χ4n) is 2.76. The van der Waals surface area contributed by atoms with Gasteiger partial charge < -0.3 is 4.90 Å². The number of fused-ring (bicyclic) bond motifs is 1. The lowest BCUT2D eigenvalue weighted by atomic mass is 9.85. The van der Waals surface area contributed by atoms with E-state index < -0.39 is 0 Å². The van der Waals surface area contributed by atoms with Gasteiger partial charge in [0.05, 0.1) is 0 Å². The van der Waals surface area contributed by atoms with Crippen molar-refractivity contribution in [1.29, 1.82) is 0 Å². The van der Waals surface area contributed by atoms with E-state index in [-0.39, 0.29) is 0 Å². The fourth-order valence-corrected chi connectivity index (χ4v) is 2.89. The van der Waals surface area contributed by atoms with Crippen LogP contribution in [0.15, 0.2) is 48.5 Å². The summed E-state index contributed by atoms with van der Waals surface area (Å²) in [4.78, 5) is 2.38. The van der Waals surface area contributed by atoms with E-state index in [4.69, 9.17) is 11.6 Å². The summed E-state index contributed by atoms with van der Waals surface area (Å²) in [5, 5.41) is 0.802. The SMILES string of the molecule is CN1Cc2ccccc2[C@@H](c2ccc(Cl)cc2)C1. The van der Waals surface area contributed by atoms with E-state index in [1.165, 1.54) is 16.7 Å². The van der Waals surface area contributed by atoms with Crippen molar-refractivity contribution in [2.45, 2.75) is 12.5 Å². The molecule has 3 rings (SSSR count). The van der Waals surface area contributed by atoms with Crippen LogP contribution in [0, 0.1) is 0 Å². The van der Waals surface area contributed by atoms with Crippen molar-refractivity contribution in [3.63, 3.8) is 0 Å². The van der Waals surface area contributed by atoms with Gasteiger partial charge >= 0.3 is 0 Å². The molecule has 0 saturated carbocycles. The second-order valence-corrected chi connectivity index (χ2v) is 5.44. The van der Waals surface area contributed by atoms with Crippen molar-refractivity contribution in [3.8, 4) is 0 Å². The summed E-state index contributed by atoms with van der Waals surface area (Å²) in [7, 11) is 2.18. The molecular weight excluding hydrogens is 242 g/mol. The quantitative estimate of drug-likeness (QED) is 0.749. The molecule has 0 amide bonds. The van der Waals surface area contributed by atoms with Gasteiger partial charge in [0, 0.05) is 24.0 Å². The Hall–Kier alpha value is -1.31. The largest absolute Gasteiger partial charge is 0.301 e. The van der Waals surface area contributed by atoms with Crippen LogP contribution in [0.5, 0.6) is 0 Å². The Morgan fingerprint density at radius 1 is 1.06 bits per heavy atom. The highest BCUT2D eigenvalue weighted by Crippen LogP contribution is 2.33. The zero-order valence-corrected chi connectivity index (χ0v) is 11.2. The van der Waals surface area contributed by atoms with Gasteiger partial charge in [-0.2, -0.15) is 0 Å². The van der Waals surface area contributed by atoms with Gasteiger partial charge in [-0.15, -0.1) is 0 Å². The molecule has 0 spiro atoms. The highest BCUT2D eigenvalue weighted by Gasteiger charge is 2.23. The topological polar surface area (TPSA) is 3.24 Å². The summed E-state index contributed by atoms with van der Waals surface area (Å²) in [6.07, 6.45) is 0. The lowest BCUT2D eigenvalue weighted by molar-refractivity contribution is 0.295. The highest BCUT2D eigenvalue weighted by molar-refractivity contribution is 6.30. The van der Waals surface area contributed by atoms with Crippen molar-refractivity contribution in [3.05, 3.63) is 70.2 Å². The molecule has 0 N–H and O–H groups in total. The summed E-state index contributed by atoms with van der Waals surface area (Å²) >= 11 is 5.97. The molecule has 1 aliphatic rings. The Morgan fingerprint density at radius 3 is 2.56 bits per heavy atom. The van der Waals surface area contributed by atoms with E-state index in [1.807, 2.05) is 12.1 Å².